The second-order valence-electron chi connectivity index (χ2n) is 4.86. The Bertz CT molecular complexity index is 485. The average Bonchev–Trinajstić information content (AvgIpc) is 2.21. The maximum atomic E-state index is 12.3. The minimum Gasteiger partial charge on any atom is -0.223 e. The second-order valence-corrected chi connectivity index (χ2v) is 7.45. The summed E-state index contributed by atoms with van der Waals surface area (Å²) in [5.74, 6) is 0. The molecular weight excluding hydrogens is 220 g/mol. The predicted octanol–water partition coefficient (Wildman–Crippen LogP) is 3.27. The Morgan fingerprint density at radius 2 is 1.69 bits per heavy atom. The van der Waals surface area contributed by atoms with Crippen molar-refractivity contribution < 1.29 is 8.42 Å². The number of rotatable bonds is 3. The molecule has 0 aromatic heterocycles. The van der Waals surface area contributed by atoms with Gasteiger partial charge in [0, 0.05) is 0 Å². The summed E-state index contributed by atoms with van der Waals surface area (Å²) in [7, 11) is -3.23. The number of sulfone groups is 1. The third-order valence-electron chi connectivity index (χ3n) is 3.37. The standard InChI is InChI=1S/C13H20O2S/c1-6-13(4,5)16(14,15)12-8-7-10(2)11(3)9-12/h7-9H,6H2,1-5H3. The number of aryl methyl sites for hydroxylation is 2. The second kappa shape index (κ2) is 4.21. The van der Waals surface area contributed by atoms with Crippen molar-refractivity contribution in [2.24, 2.45) is 0 Å². The van der Waals surface area contributed by atoms with Crippen molar-refractivity contribution in [2.45, 2.75) is 50.7 Å². The van der Waals surface area contributed by atoms with Gasteiger partial charge in [-0.3, -0.25) is 0 Å². The molecule has 0 unspecified atom stereocenters. The molecule has 0 amide bonds. The summed E-state index contributed by atoms with van der Waals surface area (Å²) in [6.07, 6.45) is 0.613. The summed E-state index contributed by atoms with van der Waals surface area (Å²) in [5.41, 5.74) is 2.14. The topological polar surface area (TPSA) is 34.1 Å². The van der Waals surface area contributed by atoms with Gasteiger partial charge < -0.3 is 0 Å². The van der Waals surface area contributed by atoms with Gasteiger partial charge in [0.2, 0.25) is 0 Å². The van der Waals surface area contributed by atoms with Crippen LogP contribution in [0.2, 0.25) is 0 Å². The van der Waals surface area contributed by atoms with E-state index in [1.165, 1.54) is 0 Å². The highest BCUT2D eigenvalue weighted by atomic mass is 32.2. The van der Waals surface area contributed by atoms with Crippen molar-refractivity contribution in [2.75, 3.05) is 0 Å². The van der Waals surface area contributed by atoms with Gasteiger partial charge in [0.15, 0.2) is 9.84 Å². The minimum absolute atomic E-state index is 0.433. The first-order valence-electron chi connectivity index (χ1n) is 5.54. The summed E-state index contributed by atoms with van der Waals surface area (Å²) in [6.45, 7) is 9.37. The molecule has 2 nitrogen and oxygen atoms in total. The van der Waals surface area contributed by atoms with Crippen molar-refractivity contribution >= 4 is 9.84 Å². The molecule has 0 fully saturated rings. The lowest BCUT2D eigenvalue weighted by Gasteiger charge is -2.23. The fraction of sp³-hybridized carbons (Fsp3) is 0.538. The zero-order chi connectivity index (χ0) is 12.6. The van der Waals surface area contributed by atoms with Crippen LogP contribution < -0.4 is 0 Å². The van der Waals surface area contributed by atoms with E-state index in [9.17, 15) is 8.42 Å². The monoisotopic (exact) mass is 240 g/mol. The van der Waals surface area contributed by atoms with Gasteiger partial charge in [0.1, 0.15) is 0 Å². The van der Waals surface area contributed by atoms with Crippen molar-refractivity contribution in [1.82, 2.24) is 0 Å². The van der Waals surface area contributed by atoms with Gasteiger partial charge in [-0.2, -0.15) is 0 Å². The van der Waals surface area contributed by atoms with Crippen molar-refractivity contribution in [1.29, 1.82) is 0 Å². The van der Waals surface area contributed by atoms with Crippen LogP contribution in [-0.2, 0) is 9.84 Å². The molecule has 0 saturated heterocycles. The predicted molar refractivity (Wildman–Crippen MR) is 67.5 cm³/mol. The van der Waals surface area contributed by atoms with E-state index in [-0.39, 0.29) is 0 Å². The summed E-state index contributed by atoms with van der Waals surface area (Å²) >= 11 is 0. The van der Waals surface area contributed by atoms with Crippen LogP contribution in [0.25, 0.3) is 0 Å². The molecular formula is C13H20O2S. The maximum Gasteiger partial charge on any atom is 0.183 e. The molecule has 0 aliphatic carbocycles. The molecule has 1 aromatic carbocycles. The number of hydrogen-bond acceptors (Lipinski definition) is 2. The lowest BCUT2D eigenvalue weighted by molar-refractivity contribution is 0.538. The van der Waals surface area contributed by atoms with E-state index >= 15 is 0 Å². The molecule has 0 radical (unpaired) electrons. The quantitative estimate of drug-likeness (QED) is 0.812. The summed E-state index contributed by atoms with van der Waals surface area (Å²) in [5, 5.41) is 0. The first kappa shape index (κ1) is 13.2. The van der Waals surface area contributed by atoms with Crippen LogP contribution in [0.15, 0.2) is 23.1 Å². The first-order valence-corrected chi connectivity index (χ1v) is 7.02. The molecule has 0 atom stereocenters. The van der Waals surface area contributed by atoms with Crippen molar-refractivity contribution in [3.05, 3.63) is 29.3 Å². The highest BCUT2D eigenvalue weighted by Gasteiger charge is 2.33. The first-order chi connectivity index (χ1) is 7.22. The molecule has 0 bridgehead atoms. The highest BCUT2D eigenvalue weighted by Crippen LogP contribution is 2.29. The van der Waals surface area contributed by atoms with Crippen LogP contribution in [0.4, 0.5) is 0 Å². The Hall–Kier alpha value is -0.830. The zero-order valence-electron chi connectivity index (χ0n) is 10.7. The third-order valence-corrected chi connectivity index (χ3v) is 5.99. The maximum absolute atomic E-state index is 12.3. The fourth-order valence-electron chi connectivity index (χ4n) is 1.39. The zero-order valence-corrected chi connectivity index (χ0v) is 11.5. The lowest BCUT2D eigenvalue weighted by atomic mass is 10.1. The molecule has 0 aliphatic rings. The summed E-state index contributed by atoms with van der Waals surface area (Å²) in [6, 6.07) is 5.34. The minimum atomic E-state index is -3.23. The molecule has 1 rings (SSSR count). The average molecular weight is 240 g/mol. The summed E-state index contributed by atoms with van der Waals surface area (Å²) < 4.78 is 24.0. The van der Waals surface area contributed by atoms with Crippen LogP contribution in [-0.4, -0.2) is 13.2 Å². The van der Waals surface area contributed by atoms with Crippen LogP contribution in [0.1, 0.15) is 38.3 Å². The van der Waals surface area contributed by atoms with Gasteiger partial charge in [-0.15, -0.1) is 0 Å². The van der Waals surface area contributed by atoms with Crippen molar-refractivity contribution in [3.63, 3.8) is 0 Å². The van der Waals surface area contributed by atoms with Gasteiger partial charge in [0.05, 0.1) is 9.64 Å². The smallest absolute Gasteiger partial charge is 0.183 e. The molecule has 3 heteroatoms. The molecule has 0 spiro atoms. The van der Waals surface area contributed by atoms with Crippen LogP contribution in [0, 0.1) is 13.8 Å². The SMILES string of the molecule is CCC(C)(C)S(=O)(=O)c1ccc(C)c(C)c1. The largest absolute Gasteiger partial charge is 0.223 e. The summed E-state index contributed by atoms with van der Waals surface area (Å²) in [4.78, 5) is 0.433. The van der Waals surface area contributed by atoms with Crippen LogP contribution in [0.3, 0.4) is 0 Å². The molecule has 16 heavy (non-hydrogen) atoms. The van der Waals surface area contributed by atoms with E-state index in [1.807, 2.05) is 26.8 Å². The molecule has 0 N–H and O–H groups in total. The third kappa shape index (κ3) is 2.14. The van der Waals surface area contributed by atoms with Gasteiger partial charge in [-0.25, -0.2) is 8.42 Å². The van der Waals surface area contributed by atoms with Gasteiger partial charge >= 0.3 is 0 Å². The Morgan fingerprint density at radius 1 is 1.12 bits per heavy atom. The highest BCUT2D eigenvalue weighted by molar-refractivity contribution is 7.92. The number of benzene rings is 1. The van der Waals surface area contributed by atoms with E-state index in [2.05, 4.69) is 0 Å². The van der Waals surface area contributed by atoms with Gasteiger partial charge in [-0.05, 0) is 57.4 Å². The van der Waals surface area contributed by atoms with Crippen LogP contribution in [0.5, 0.6) is 0 Å². The van der Waals surface area contributed by atoms with Gasteiger partial charge in [0.25, 0.3) is 0 Å². The van der Waals surface area contributed by atoms with Gasteiger partial charge in [-0.1, -0.05) is 13.0 Å². The molecule has 0 aliphatic heterocycles. The van der Waals surface area contributed by atoms with E-state index in [1.54, 1.807) is 26.0 Å². The van der Waals surface area contributed by atoms with Crippen LogP contribution >= 0.6 is 0 Å². The van der Waals surface area contributed by atoms with Crippen molar-refractivity contribution in [3.8, 4) is 0 Å². The van der Waals surface area contributed by atoms with E-state index in [0.29, 0.717) is 11.3 Å². The molecule has 1 aromatic rings. The lowest BCUT2D eigenvalue weighted by Crippen LogP contribution is -2.31. The Morgan fingerprint density at radius 3 is 2.12 bits per heavy atom. The number of hydrogen-bond donors (Lipinski definition) is 0. The van der Waals surface area contributed by atoms with E-state index < -0.39 is 14.6 Å². The Balaban J connectivity index is 3.34. The Kier molecular flexibility index (Phi) is 3.48. The normalized spacial score (nSPS) is 12.8. The molecule has 0 heterocycles. The van der Waals surface area contributed by atoms with E-state index in [0.717, 1.165) is 11.1 Å². The molecule has 90 valence electrons. The molecule has 0 saturated carbocycles. The van der Waals surface area contributed by atoms with E-state index in [4.69, 9.17) is 0 Å². The Labute approximate surface area is 98.6 Å². The fourth-order valence-corrected chi connectivity index (χ4v) is 2.99.